The molecule has 1 heterocycles. The van der Waals surface area contributed by atoms with Gasteiger partial charge in [-0.05, 0) is 30.4 Å². The van der Waals surface area contributed by atoms with Crippen LogP contribution in [0.4, 0.5) is 11.4 Å². The van der Waals surface area contributed by atoms with Crippen LogP contribution in [0.25, 0.3) is 0 Å². The first-order chi connectivity index (χ1) is 9.15. The van der Waals surface area contributed by atoms with Gasteiger partial charge in [0.15, 0.2) is 5.11 Å². The fraction of sp³-hybridized carbons (Fsp3) is 0.385. The van der Waals surface area contributed by atoms with Crippen molar-refractivity contribution in [3.63, 3.8) is 0 Å². The highest BCUT2D eigenvalue weighted by molar-refractivity contribution is 7.80. The van der Waals surface area contributed by atoms with Crippen LogP contribution in [0.3, 0.4) is 0 Å². The number of benzene rings is 1. The van der Waals surface area contributed by atoms with E-state index in [1.807, 2.05) is 24.3 Å². The number of carbonyl (C=O) groups is 1. The Kier molecular flexibility index (Phi) is 4.70. The van der Waals surface area contributed by atoms with Gasteiger partial charge in [0.05, 0.1) is 0 Å². The molecule has 1 amide bonds. The molecule has 1 fully saturated rings. The average Bonchev–Trinajstić information content (AvgIpc) is 2.39. The van der Waals surface area contributed by atoms with Gasteiger partial charge < -0.3 is 20.9 Å². The molecule has 0 unspecified atom stereocenters. The average molecular weight is 278 g/mol. The highest BCUT2D eigenvalue weighted by Gasteiger charge is 2.12. The summed E-state index contributed by atoms with van der Waals surface area (Å²) in [5, 5.41) is 9.97. The number of hydrogen-bond acceptors (Lipinski definition) is 3. The van der Waals surface area contributed by atoms with E-state index < -0.39 is 0 Å². The summed E-state index contributed by atoms with van der Waals surface area (Å²) in [6.45, 7) is 5.22. The van der Waals surface area contributed by atoms with Crippen molar-refractivity contribution in [3.8, 4) is 0 Å². The molecule has 1 aliphatic rings. The maximum atomic E-state index is 11.0. The van der Waals surface area contributed by atoms with Crippen molar-refractivity contribution in [1.82, 2.24) is 10.2 Å². The number of rotatable bonds is 2. The first-order valence-electron chi connectivity index (χ1n) is 6.29. The summed E-state index contributed by atoms with van der Waals surface area (Å²) in [5.41, 5.74) is 1.65. The predicted molar refractivity (Wildman–Crippen MR) is 81.4 cm³/mol. The van der Waals surface area contributed by atoms with Gasteiger partial charge in [-0.3, -0.25) is 4.79 Å². The summed E-state index contributed by atoms with van der Waals surface area (Å²) in [6, 6.07) is 7.53. The van der Waals surface area contributed by atoms with Gasteiger partial charge in [-0.1, -0.05) is 6.07 Å². The number of nitrogens with one attached hydrogen (secondary N) is 3. The first kappa shape index (κ1) is 13.8. The van der Waals surface area contributed by atoms with Crippen LogP contribution in [-0.4, -0.2) is 42.1 Å². The molecule has 102 valence electrons. The number of anilines is 2. The lowest BCUT2D eigenvalue weighted by Gasteiger charge is -2.30. The Hall–Kier alpha value is -1.66. The normalized spacial score (nSPS) is 14.9. The highest BCUT2D eigenvalue weighted by Crippen LogP contribution is 2.15. The van der Waals surface area contributed by atoms with Gasteiger partial charge in [0.25, 0.3) is 0 Å². The van der Waals surface area contributed by atoms with E-state index in [4.69, 9.17) is 12.2 Å². The third kappa shape index (κ3) is 4.18. The fourth-order valence-electron chi connectivity index (χ4n) is 1.95. The summed E-state index contributed by atoms with van der Waals surface area (Å²) in [4.78, 5) is 13.2. The Bertz CT molecular complexity index is 471. The molecule has 1 aliphatic heterocycles. The van der Waals surface area contributed by atoms with Crippen LogP contribution >= 0.6 is 12.2 Å². The molecule has 1 aromatic carbocycles. The number of amides is 1. The van der Waals surface area contributed by atoms with Crippen LogP contribution in [0.2, 0.25) is 0 Å². The summed E-state index contributed by atoms with van der Waals surface area (Å²) in [5.74, 6) is -0.0816. The second-order valence-electron chi connectivity index (χ2n) is 4.43. The van der Waals surface area contributed by atoms with E-state index in [0.29, 0.717) is 0 Å². The standard InChI is InChI=1S/C13H18N4OS/c1-10(18)15-11-3-2-4-12(9-11)16-13(19)17-7-5-14-6-8-17/h2-4,9,14H,5-8H2,1H3,(H,15,18)(H,16,19). The second-order valence-corrected chi connectivity index (χ2v) is 4.82. The zero-order valence-electron chi connectivity index (χ0n) is 10.9. The molecule has 1 aromatic rings. The van der Waals surface area contributed by atoms with Gasteiger partial charge in [-0.25, -0.2) is 0 Å². The minimum absolute atomic E-state index is 0.0816. The van der Waals surface area contributed by atoms with Gasteiger partial charge in [0.2, 0.25) is 5.91 Å². The monoisotopic (exact) mass is 278 g/mol. The lowest BCUT2D eigenvalue weighted by Crippen LogP contribution is -2.47. The molecular formula is C13H18N4OS. The van der Waals surface area contributed by atoms with Crippen LogP contribution in [0.1, 0.15) is 6.92 Å². The van der Waals surface area contributed by atoms with Crippen molar-refractivity contribution in [2.45, 2.75) is 6.92 Å². The molecular weight excluding hydrogens is 260 g/mol. The molecule has 2 rings (SSSR count). The van der Waals surface area contributed by atoms with Crippen molar-refractivity contribution in [2.24, 2.45) is 0 Å². The summed E-state index contributed by atoms with van der Waals surface area (Å²) < 4.78 is 0. The van der Waals surface area contributed by atoms with Crippen LogP contribution in [0.15, 0.2) is 24.3 Å². The molecule has 3 N–H and O–H groups in total. The molecule has 6 heteroatoms. The largest absolute Gasteiger partial charge is 0.346 e. The van der Waals surface area contributed by atoms with Crippen LogP contribution < -0.4 is 16.0 Å². The van der Waals surface area contributed by atoms with Crippen molar-refractivity contribution in [3.05, 3.63) is 24.3 Å². The van der Waals surface area contributed by atoms with Crippen LogP contribution in [-0.2, 0) is 4.79 Å². The van der Waals surface area contributed by atoms with Crippen molar-refractivity contribution in [2.75, 3.05) is 36.8 Å². The lowest BCUT2D eigenvalue weighted by atomic mass is 10.2. The second kappa shape index (κ2) is 6.49. The summed E-state index contributed by atoms with van der Waals surface area (Å²) in [6.07, 6.45) is 0. The van der Waals surface area contributed by atoms with Gasteiger partial charge in [0, 0.05) is 44.5 Å². The number of piperazine rings is 1. The zero-order chi connectivity index (χ0) is 13.7. The van der Waals surface area contributed by atoms with E-state index >= 15 is 0 Å². The van der Waals surface area contributed by atoms with E-state index in [-0.39, 0.29) is 5.91 Å². The number of thiocarbonyl (C=S) groups is 1. The number of carbonyl (C=O) groups excluding carboxylic acids is 1. The van der Waals surface area contributed by atoms with Crippen LogP contribution in [0.5, 0.6) is 0 Å². The molecule has 0 bridgehead atoms. The Morgan fingerprint density at radius 3 is 2.53 bits per heavy atom. The molecule has 0 atom stereocenters. The molecule has 19 heavy (non-hydrogen) atoms. The quantitative estimate of drug-likeness (QED) is 0.711. The van der Waals surface area contributed by atoms with Crippen molar-refractivity contribution >= 4 is 34.6 Å². The van der Waals surface area contributed by atoms with Crippen molar-refractivity contribution in [1.29, 1.82) is 0 Å². The lowest BCUT2D eigenvalue weighted by molar-refractivity contribution is -0.114. The molecule has 0 spiro atoms. The molecule has 1 saturated heterocycles. The number of nitrogens with zero attached hydrogens (tertiary/aromatic N) is 1. The van der Waals surface area contributed by atoms with Gasteiger partial charge in [-0.15, -0.1) is 0 Å². The molecule has 0 aromatic heterocycles. The van der Waals surface area contributed by atoms with E-state index in [1.54, 1.807) is 0 Å². The van der Waals surface area contributed by atoms with Gasteiger partial charge in [0.1, 0.15) is 0 Å². The summed E-state index contributed by atoms with van der Waals surface area (Å²) >= 11 is 5.39. The van der Waals surface area contributed by atoms with E-state index in [1.165, 1.54) is 6.92 Å². The minimum Gasteiger partial charge on any atom is -0.346 e. The zero-order valence-corrected chi connectivity index (χ0v) is 11.7. The molecule has 0 radical (unpaired) electrons. The highest BCUT2D eigenvalue weighted by atomic mass is 32.1. The van der Waals surface area contributed by atoms with E-state index in [2.05, 4.69) is 20.9 Å². The van der Waals surface area contributed by atoms with E-state index in [0.717, 1.165) is 42.7 Å². The first-order valence-corrected chi connectivity index (χ1v) is 6.70. The predicted octanol–water partition coefficient (Wildman–Crippen LogP) is 1.25. The Morgan fingerprint density at radius 1 is 1.26 bits per heavy atom. The smallest absolute Gasteiger partial charge is 0.221 e. The third-order valence-electron chi connectivity index (χ3n) is 2.84. The molecule has 5 nitrogen and oxygen atoms in total. The minimum atomic E-state index is -0.0816. The topological polar surface area (TPSA) is 56.4 Å². The van der Waals surface area contributed by atoms with Crippen molar-refractivity contribution < 1.29 is 4.79 Å². The Morgan fingerprint density at radius 2 is 1.89 bits per heavy atom. The fourth-order valence-corrected chi connectivity index (χ4v) is 2.25. The third-order valence-corrected chi connectivity index (χ3v) is 3.20. The number of hydrogen-bond donors (Lipinski definition) is 3. The van der Waals surface area contributed by atoms with Gasteiger partial charge in [-0.2, -0.15) is 0 Å². The van der Waals surface area contributed by atoms with Gasteiger partial charge >= 0.3 is 0 Å². The Labute approximate surface area is 118 Å². The van der Waals surface area contributed by atoms with E-state index in [9.17, 15) is 4.79 Å². The SMILES string of the molecule is CC(=O)Nc1cccc(NC(=S)N2CCNCC2)c1. The molecule has 0 aliphatic carbocycles. The van der Waals surface area contributed by atoms with Crippen LogP contribution in [0, 0.1) is 0 Å². The maximum Gasteiger partial charge on any atom is 0.221 e. The molecule has 0 saturated carbocycles. The maximum absolute atomic E-state index is 11.0. The summed E-state index contributed by atoms with van der Waals surface area (Å²) in [7, 11) is 0. The Balaban J connectivity index is 1.97.